The molecule has 7 heteroatoms. The minimum atomic E-state index is -0.160. The SMILES string of the molecule is Cc1cnc(C(=O)N2CCn3nc(OCc4ccccc4)cc3C2)c(N)c1. The number of pyridine rings is 1. The Kier molecular flexibility index (Phi) is 4.50. The summed E-state index contributed by atoms with van der Waals surface area (Å²) in [7, 11) is 0. The van der Waals surface area contributed by atoms with Crippen LogP contribution in [0.15, 0.2) is 48.7 Å². The highest BCUT2D eigenvalue weighted by Crippen LogP contribution is 2.21. The minimum absolute atomic E-state index is 0.160. The maximum atomic E-state index is 12.8. The van der Waals surface area contributed by atoms with E-state index < -0.39 is 0 Å². The highest BCUT2D eigenvalue weighted by Gasteiger charge is 2.25. The molecule has 0 unspecified atom stereocenters. The van der Waals surface area contributed by atoms with Crippen LogP contribution in [-0.4, -0.2) is 32.1 Å². The van der Waals surface area contributed by atoms with Gasteiger partial charge in [0.1, 0.15) is 6.61 Å². The second-order valence-electron chi connectivity index (χ2n) is 6.65. The van der Waals surface area contributed by atoms with E-state index in [2.05, 4.69) is 10.1 Å². The summed E-state index contributed by atoms with van der Waals surface area (Å²) in [4.78, 5) is 18.7. The Labute approximate surface area is 157 Å². The number of fused-ring (bicyclic) bond motifs is 1. The lowest BCUT2D eigenvalue weighted by atomic mass is 10.2. The highest BCUT2D eigenvalue weighted by atomic mass is 16.5. The van der Waals surface area contributed by atoms with Gasteiger partial charge in [-0.25, -0.2) is 4.98 Å². The Hall–Kier alpha value is -3.35. The van der Waals surface area contributed by atoms with Gasteiger partial charge in [-0.2, -0.15) is 0 Å². The van der Waals surface area contributed by atoms with Gasteiger partial charge in [-0.3, -0.25) is 9.48 Å². The fraction of sp³-hybridized carbons (Fsp3) is 0.250. The molecule has 0 fully saturated rings. The highest BCUT2D eigenvalue weighted by molar-refractivity contribution is 5.97. The molecule has 0 bridgehead atoms. The number of benzene rings is 1. The fourth-order valence-corrected chi connectivity index (χ4v) is 3.14. The van der Waals surface area contributed by atoms with E-state index in [4.69, 9.17) is 10.5 Å². The number of rotatable bonds is 4. The van der Waals surface area contributed by atoms with Crippen LogP contribution in [0.1, 0.15) is 27.3 Å². The molecule has 0 radical (unpaired) electrons. The van der Waals surface area contributed by atoms with Crippen molar-refractivity contribution in [2.45, 2.75) is 26.6 Å². The predicted octanol–water partition coefficient (Wildman–Crippen LogP) is 2.40. The molecule has 0 saturated heterocycles. The number of aryl methyl sites for hydroxylation is 1. The molecule has 0 aliphatic carbocycles. The van der Waals surface area contributed by atoms with Crippen LogP contribution in [0.2, 0.25) is 0 Å². The van der Waals surface area contributed by atoms with Gasteiger partial charge in [0.05, 0.1) is 24.5 Å². The van der Waals surface area contributed by atoms with Crippen molar-refractivity contribution in [2.24, 2.45) is 0 Å². The van der Waals surface area contributed by atoms with Crippen LogP contribution >= 0.6 is 0 Å². The Morgan fingerprint density at radius 2 is 2.04 bits per heavy atom. The number of anilines is 1. The topological polar surface area (TPSA) is 86.3 Å². The molecular weight excluding hydrogens is 342 g/mol. The third-order valence-electron chi connectivity index (χ3n) is 4.55. The number of hydrogen-bond donors (Lipinski definition) is 1. The Morgan fingerprint density at radius 3 is 2.81 bits per heavy atom. The van der Waals surface area contributed by atoms with E-state index in [0.29, 0.717) is 43.5 Å². The van der Waals surface area contributed by atoms with Gasteiger partial charge < -0.3 is 15.4 Å². The number of carbonyl (C=O) groups is 1. The fourth-order valence-electron chi connectivity index (χ4n) is 3.14. The molecule has 1 aromatic carbocycles. The van der Waals surface area contributed by atoms with Gasteiger partial charge in [-0.1, -0.05) is 30.3 Å². The number of amides is 1. The van der Waals surface area contributed by atoms with Crippen LogP contribution < -0.4 is 10.5 Å². The predicted molar refractivity (Wildman–Crippen MR) is 101 cm³/mol. The zero-order chi connectivity index (χ0) is 18.8. The third-order valence-corrected chi connectivity index (χ3v) is 4.55. The van der Waals surface area contributed by atoms with Gasteiger partial charge in [-0.05, 0) is 24.1 Å². The number of ether oxygens (including phenoxy) is 1. The summed E-state index contributed by atoms with van der Waals surface area (Å²) in [5, 5.41) is 4.48. The van der Waals surface area contributed by atoms with Crippen LogP contribution in [0.5, 0.6) is 5.88 Å². The third kappa shape index (κ3) is 3.62. The quantitative estimate of drug-likeness (QED) is 0.769. The van der Waals surface area contributed by atoms with Crippen LogP contribution in [0.25, 0.3) is 0 Å². The van der Waals surface area contributed by atoms with Crippen LogP contribution in [0, 0.1) is 6.92 Å². The van der Waals surface area contributed by atoms with Gasteiger partial charge in [-0.15, -0.1) is 5.10 Å². The minimum Gasteiger partial charge on any atom is -0.472 e. The average Bonchev–Trinajstić information content (AvgIpc) is 3.09. The Balaban J connectivity index is 1.45. The molecule has 27 heavy (non-hydrogen) atoms. The number of nitrogens with zero attached hydrogens (tertiary/aromatic N) is 4. The Morgan fingerprint density at radius 1 is 1.22 bits per heavy atom. The van der Waals surface area contributed by atoms with Crippen molar-refractivity contribution in [3.8, 4) is 5.88 Å². The summed E-state index contributed by atoms with van der Waals surface area (Å²) in [6.45, 7) is 3.98. The van der Waals surface area contributed by atoms with E-state index in [-0.39, 0.29) is 5.91 Å². The molecule has 4 rings (SSSR count). The maximum Gasteiger partial charge on any atom is 0.275 e. The molecule has 138 valence electrons. The molecule has 7 nitrogen and oxygen atoms in total. The van der Waals surface area contributed by atoms with Gasteiger partial charge in [0.2, 0.25) is 5.88 Å². The Bertz CT molecular complexity index is 968. The summed E-state index contributed by atoms with van der Waals surface area (Å²) >= 11 is 0. The lowest BCUT2D eigenvalue weighted by Gasteiger charge is -2.27. The molecule has 0 atom stereocenters. The molecule has 1 aliphatic rings. The van der Waals surface area contributed by atoms with Crippen molar-refractivity contribution in [2.75, 3.05) is 12.3 Å². The number of carbonyl (C=O) groups excluding carboxylic acids is 1. The number of nitrogens with two attached hydrogens (primary N) is 1. The standard InChI is InChI=1S/C20H21N5O2/c1-14-9-17(21)19(22-11-14)20(26)24-7-8-25-16(12-24)10-18(23-25)27-13-15-5-3-2-4-6-15/h2-6,9-11H,7-8,12-13,21H2,1H3. The molecule has 3 aromatic rings. The van der Waals surface area contributed by atoms with Gasteiger partial charge in [0.25, 0.3) is 5.91 Å². The van der Waals surface area contributed by atoms with E-state index in [0.717, 1.165) is 16.8 Å². The lowest BCUT2D eigenvalue weighted by Crippen LogP contribution is -2.39. The zero-order valence-corrected chi connectivity index (χ0v) is 15.1. The monoisotopic (exact) mass is 363 g/mol. The number of hydrogen-bond acceptors (Lipinski definition) is 5. The number of nitrogen functional groups attached to an aromatic ring is 1. The second kappa shape index (κ2) is 7.11. The van der Waals surface area contributed by atoms with Crippen molar-refractivity contribution < 1.29 is 9.53 Å². The van der Waals surface area contributed by atoms with Crippen LogP contribution in [0.4, 0.5) is 5.69 Å². The van der Waals surface area contributed by atoms with Crippen molar-refractivity contribution >= 4 is 11.6 Å². The second-order valence-corrected chi connectivity index (χ2v) is 6.65. The number of aromatic nitrogens is 3. The lowest BCUT2D eigenvalue weighted by molar-refractivity contribution is 0.0701. The summed E-state index contributed by atoms with van der Waals surface area (Å²) < 4.78 is 7.67. The van der Waals surface area contributed by atoms with E-state index >= 15 is 0 Å². The van der Waals surface area contributed by atoms with E-state index in [1.54, 1.807) is 17.2 Å². The molecular formula is C20H21N5O2. The molecule has 1 aliphatic heterocycles. The van der Waals surface area contributed by atoms with Crippen LogP contribution in [0.3, 0.4) is 0 Å². The van der Waals surface area contributed by atoms with Gasteiger partial charge in [0, 0.05) is 18.8 Å². The van der Waals surface area contributed by atoms with Crippen LogP contribution in [-0.2, 0) is 19.7 Å². The molecule has 2 N–H and O–H groups in total. The van der Waals surface area contributed by atoms with E-state index in [1.165, 1.54) is 0 Å². The first-order valence-electron chi connectivity index (χ1n) is 8.85. The first kappa shape index (κ1) is 17.1. The summed E-state index contributed by atoms with van der Waals surface area (Å²) in [5.41, 5.74) is 9.63. The average molecular weight is 363 g/mol. The largest absolute Gasteiger partial charge is 0.472 e. The summed E-state index contributed by atoms with van der Waals surface area (Å²) in [6, 6.07) is 13.6. The molecule has 0 saturated carbocycles. The van der Waals surface area contributed by atoms with Crippen molar-refractivity contribution in [1.82, 2.24) is 19.7 Å². The van der Waals surface area contributed by atoms with Crippen molar-refractivity contribution in [1.29, 1.82) is 0 Å². The molecule has 1 amide bonds. The van der Waals surface area contributed by atoms with Crippen molar-refractivity contribution in [3.63, 3.8) is 0 Å². The van der Waals surface area contributed by atoms with E-state index in [1.807, 2.05) is 48.0 Å². The van der Waals surface area contributed by atoms with E-state index in [9.17, 15) is 4.79 Å². The molecule has 3 heterocycles. The smallest absolute Gasteiger partial charge is 0.275 e. The van der Waals surface area contributed by atoms with Gasteiger partial charge >= 0.3 is 0 Å². The van der Waals surface area contributed by atoms with Crippen molar-refractivity contribution in [3.05, 3.63) is 71.2 Å². The summed E-state index contributed by atoms with van der Waals surface area (Å²) in [6.07, 6.45) is 1.66. The molecule has 2 aromatic heterocycles. The maximum absolute atomic E-state index is 12.8. The first-order chi connectivity index (χ1) is 13.1. The first-order valence-corrected chi connectivity index (χ1v) is 8.85. The molecule has 0 spiro atoms. The summed E-state index contributed by atoms with van der Waals surface area (Å²) in [5.74, 6) is 0.405. The van der Waals surface area contributed by atoms with Gasteiger partial charge in [0.15, 0.2) is 5.69 Å². The normalized spacial score (nSPS) is 13.3. The zero-order valence-electron chi connectivity index (χ0n) is 15.1.